The lowest BCUT2D eigenvalue weighted by Crippen LogP contribution is -2.25. The van der Waals surface area contributed by atoms with E-state index in [2.05, 4.69) is 30.3 Å². The van der Waals surface area contributed by atoms with E-state index in [1.54, 1.807) is 0 Å². The summed E-state index contributed by atoms with van der Waals surface area (Å²) in [5, 5.41) is 0. The van der Waals surface area contributed by atoms with Crippen molar-refractivity contribution in [1.29, 1.82) is 0 Å². The van der Waals surface area contributed by atoms with Gasteiger partial charge in [0.2, 0.25) is 0 Å². The van der Waals surface area contributed by atoms with E-state index in [9.17, 15) is 0 Å². The molecule has 1 aromatic carbocycles. The quantitative estimate of drug-likeness (QED) is 0.733. The van der Waals surface area contributed by atoms with Crippen LogP contribution in [0.25, 0.3) is 0 Å². The van der Waals surface area contributed by atoms with Gasteiger partial charge in [0.15, 0.2) is 0 Å². The molecule has 13 heavy (non-hydrogen) atoms. The zero-order valence-electron chi connectivity index (χ0n) is 7.95. The van der Waals surface area contributed by atoms with Crippen molar-refractivity contribution in [3.05, 3.63) is 35.9 Å². The Labute approximate surface area is 80.0 Å². The fraction of sp³-hybridized carbons (Fsp3) is 0.500. The zero-order chi connectivity index (χ0) is 9.10. The van der Waals surface area contributed by atoms with Crippen molar-refractivity contribution in [3.8, 4) is 0 Å². The maximum Gasteiger partial charge on any atom is 0.00703 e. The lowest BCUT2D eigenvalue weighted by molar-refractivity contribution is 0.479. The van der Waals surface area contributed by atoms with Crippen LogP contribution in [0.5, 0.6) is 0 Å². The van der Waals surface area contributed by atoms with Crippen LogP contribution in [0.3, 0.4) is 0 Å². The Morgan fingerprint density at radius 1 is 1.15 bits per heavy atom. The first kappa shape index (κ1) is 8.76. The summed E-state index contributed by atoms with van der Waals surface area (Å²) in [5.74, 6) is 0.724. The Morgan fingerprint density at radius 3 is 2.54 bits per heavy atom. The van der Waals surface area contributed by atoms with Gasteiger partial charge >= 0.3 is 0 Å². The Bertz CT molecular complexity index is 255. The molecule has 1 aliphatic carbocycles. The predicted octanol–water partition coefficient (Wildman–Crippen LogP) is 2.36. The summed E-state index contributed by atoms with van der Waals surface area (Å²) < 4.78 is 0. The molecule has 0 saturated heterocycles. The van der Waals surface area contributed by atoms with E-state index in [1.165, 1.54) is 31.2 Å². The Kier molecular flexibility index (Phi) is 2.65. The van der Waals surface area contributed by atoms with Gasteiger partial charge in [0.05, 0.1) is 0 Å². The highest BCUT2D eigenvalue weighted by Gasteiger charge is 2.23. The lowest BCUT2D eigenvalue weighted by atomic mass is 9.95. The number of benzene rings is 1. The number of hydrogen-bond acceptors (Lipinski definition) is 1. The third-order valence-corrected chi connectivity index (χ3v) is 3.06. The first-order valence-corrected chi connectivity index (χ1v) is 5.16. The van der Waals surface area contributed by atoms with Gasteiger partial charge in [-0.25, -0.2) is 0 Å². The van der Waals surface area contributed by atoms with Crippen LogP contribution in [-0.2, 0) is 6.42 Å². The molecule has 0 aliphatic heterocycles. The first-order valence-electron chi connectivity index (χ1n) is 5.16. The summed E-state index contributed by atoms with van der Waals surface area (Å²) in [6, 6.07) is 11.1. The van der Waals surface area contributed by atoms with Gasteiger partial charge in [0.25, 0.3) is 0 Å². The third kappa shape index (κ3) is 2.10. The maximum atomic E-state index is 6.03. The highest BCUT2D eigenvalue weighted by atomic mass is 14.7. The van der Waals surface area contributed by atoms with Crippen molar-refractivity contribution in [2.75, 3.05) is 0 Å². The SMILES string of the molecule is N[C@@H]1CCC[C@@H]1Cc1ccccc1. The molecule has 1 aliphatic rings. The second-order valence-electron chi connectivity index (χ2n) is 4.04. The highest BCUT2D eigenvalue weighted by Crippen LogP contribution is 2.27. The van der Waals surface area contributed by atoms with Crippen molar-refractivity contribution in [2.24, 2.45) is 11.7 Å². The number of nitrogens with two attached hydrogens (primary N) is 1. The topological polar surface area (TPSA) is 26.0 Å². The summed E-state index contributed by atoms with van der Waals surface area (Å²) in [6.45, 7) is 0. The molecular formula is C12H17N. The monoisotopic (exact) mass is 175 g/mol. The van der Waals surface area contributed by atoms with E-state index < -0.39 is 0 Å². The Morgan fingerprint density at radius 2 is 1.92 bits per heavy atom. The van der Waals surface area contributed by atoms with Crippen molar-refractivity contribution in [2.45, 2.75) is 31.7 Å². The van der Waals surface area contributed by atoms with E-state index >= 15 is 0 Å². The molecular weight excluding hydrogens is 158 g/mol. The molecule has 0 bridgehead atoms. The standard InChI is InChI=1S/C12H17N/c13-12-8-4-7-11(12)9-10-5-2-1-3-6-10/h1-3,5-6,11-12H,4,7-9,13H2/t11-,12-/m1/s1. The van der Waals surface area contributed by atoms with E-state index in [1.807, 2.05) is 0 Å². The van der Waals surface area contributed by atoms with Crippen LogP contribution in [-0.4, -0.2) is 6.04 Å². The highest BCUT2D eigenvalue weighted by molar-refractivity contribution is 5.15. The molecule has 0 heterocycles. The number of rotatable bonds is 2. The van der Waals surface area contributed by atoms with E-state index in [0.29, 0.717) is 6.04 Å². The van der Waals surface area contributed by atoms with Crippen LogP contribution in [0.1, 0.15) is 24.8 Å². The average Bonchev–Trinajstić information content (AvgIpc) is 2.54. The van der Waals surface area contributed by atoms with Crippen molar-refractivity contribution in [1.82, 2.24) is 0 Å². The second-order valence-corrected chi connectivity index (χ2v) is 4.04. The van der Waals surface area contributed by atoms with Gasteiger partial charge in [0, 0.05) is 6.04 Å². The molecule has 70 valence electrons. The average molecular weight is 175 g/mol. The third-order valence-electron chi connectivity index (χ3n) is 3.06. The summed E-state index contributed by atoms with van der Waals surface area (Å²) in [7, 11) is 0. The normalized spacial score (nSPS) is 27.8. The molecule has 2 N–H and O–H groups in total. The summed E-state index contributed by atoms with van der Waals surface area (Å²) in [5.41, 5.74) is 7.46. The minimum atomic E-state index is 0.445. The molecule has 0 amide bonds. The molecule has 0 unspecified atom stereocenters. The van der Waals surface area contributed by atoms with Crippen molar-refractivity contribution < 1.29 is 0 Å². The summed E-state index contributed by atoms with van der Waals surface area (Å²) >= 11 is 0. The summed E-state index contributed by atoms with van der Waals surface area (Å²) in [4.78, 5) is 0. The minimum absolute atomic E-state index is 0.445. The van der Waals surface area contributed by atoms with Gasteiger partial charge < -0.3 is 5.73 Å². The molecule has 1 fully saturated rings. The fourth-order valence-electron chi connectivity index (χ4n) is 2.24. The predicted molar refractivity (Wildman–Crippen MR) is 55.5 cm³/mol. The van der Waals surface area contributed by atoms with E-state index in [-0.39, 0.29) is 0 Å². The van der Waals surface area contributed by atoms with Crippen LogP contribution >= 0.6 is 0 Å². The van der Waals surface area contributed by atoms with E-state index in [4.69, 9.17) is 5.73 Å². The van der Waals surface area contributed by atoms with Gasteiger partial charge in [-0.1, -0.05) is 36.8 Å². The van der Waals surface area contributed by atoms with Gasteiger partial charge in [-0.05, 0) is 30.7 Å². The molecule has 2 atom stereocenters. The smallest absolute Gasteiger partial charge is 0.00703 e. The lowest BCUT2D eigenvalue weighted by Gasteiger charge is -2.14. The molecule has 1 saturated carbocycles. The van der Waals surface area contributed by atoms with Crippen LogP contribution in [0, 0.1) is 5.92 Å². The second kappa shape index (κ2) is 3.93. The summed E-state index contributed by atoms with van der Waals surface area (Å²) in [6.07, 6.45) is 5.02. The van der Waals surface area contributed by atoms with Crippen molar-refractivity contribution in [3.63, 3.8) is 0 Å². The van der Waals surface area contributed by atoms with Gasteiger partial charge in [-0.2, -0.15) is 0 Å². The number of hydrogen-bond donors (Lipinski definition) is 1. The Hall–Kier alpha value is -0.820. The van der Waals surface area contributed by atoms with E-state index in [0.717, 1.165) is 5.92 Å². The van der Waals surface area contributed by atoms with Crippen molar-refractivity contribution >= 4 is 0 Å². The molecule has 0 spiro atoms. The van der Waals surface area contributed by atoms with Gasteiger partial charge in [-0.3, -0.25) is 0 Å². The van der Waals surface area contributed by atoms with Crippen LogP contribution in [0.2, 0.25) is 0 Å². The zero-order valence-corrected chi connectivity index (χ0v) is 7.95. The molecule has 1 heteroatoms. The maximum absolute atomic E-state index is 6.03. The van der Waals surface area contributed by atoms with Crippen LogP contribution in [0.15, 0.2) is 30.3 Å². The molecule has 2 rings (SSSR count). The molecule has 0 radical (unpaired) electrons. The first-order chi connectivity index (χ1) is 6.36. The van der Waals surface area contributed by atoms with Crippen LogP contribution in [0.4, 0.5) is 0 Å². The van der Waals surface area contributed by atoms with Crippen LogP contribution < -0.4 is 5.73 Å². The largest absolute Gasteiger partial charge is 0.327 e. The minimum Gasteiger partial charge on any atom is -0.327 e. The van der Waals surface area contributed by atoms with Gasteiger partial charge in [0.1, 0.15) is 0 Å². The fourth-order valence-corrected chi connectivity index (χ4v) is 2.24. The molecule has 0 aromatic heterocycles. The molecule has 1 nitrogen and oxygen atoms in total. The van der Waals surface area contributed by atoms with Gasteiger partial charge in [-0.15, -0.1) is 0 Å². The molecule has 1 aromatic rings. The Balaban J connectivity index is 1.98.